The number of piperazine rings is 1. The maximum absolute atomic E-state index is 5.65. The first-order valence-electron chi connectivity index (χ1n) is 6.47. The highest BCUT2D eigenvalue weighted by Gasteiger charge is 2.21. The van der Waals surface area contributed by atoms with E-state index in [-0.39, 0.29) is 0 Å². The van der Waals surface area contributed by atoms with Crippen molar-refractivity contribution in [3.63, 3.8) is 0 Å². The van der Waals surface area contributed by atoms with Gasteiger partial charge in [-0.05, 0) is 19.4 Å². The highest BCUT2D eigenvalue weighted by Crippen LogP contribution is 2.11. The minimum absolute atomic E-state index is 0.689. The van der Waals surface area contributed by atoms with Crippen LogP contribution in [0.1, 0.15) is 19.8 Å². The zero-order valence-corrected chi connectivity index (χ0v) is 10.8. The topological polar surface area (TPSA) is 41.7 Å². The lowest BCUT2D eigenvalue weighted by molar-refractivity contribution is 0.0714. The smallest absolute Gasteiger partial charge is 0.0589 e. The van der Waals surface area contributed by atoms with Crippen LogP contribution in [0.3, 0.4) is 0 Å². The molecule has 4 heteroatoms. The Balaban J connectivity index is 2.24. The van der Waals surface area contributed by atoms with Crippen LogP contribution in [0.15, 0.2) is 0 Å². The number of methoxy groups -OCH3 is 1. The van der Waals surface area contributed by atoms with Gasteiger partial charge in [-0.2, -0.15) is 0 Å². The predicted octanol–water partition coefficient (Wildman–Crippen LogP) is 0.378. The quantitative estimate of drug-likeness (QED) is 0.685. The molecule has 2 N–H and O–H groups in total. The average molecular weight is 229 g/mol. The van der Waals surface area contributed by atoms with Crippen LogP contribution in [0, 0.1) is 0 Å². The predicted molar refractivity (Wildman–Crippen MR) is 67.6 cm³/mol. The van der Waals surface area contributed by atoms with E-state index in [2.05, 4.69) is 16.7 Å². The van der Waals surface area contributed by atoms with Crippen LogP contribution >= 0.6 is 0 Å². The second-order valence-corrected chi connectivity index (χ2v) is 4.51. The van der Waals surface area contributed by atoms with E-state index in [1.807, 2.05) is 0 Å². The Morgan fingerprint density at radius 3 is 2.44 bits per heavy atom. The van der Waals surface area contributed by atoms with E-state index in [1.54, 1.807) is 7.11 Å². The molecular formula is C12H27N3O. The van der Waals surface area contributed by atoms with Gasteiger partial charge in [0, 0.05) is 45.9 Å². The minimum atomic E-state index is 0.689. The van der Waals surface area contributed by atoms with Crippen LogP contribution in [0.25, 0.3) is 0 Å². The van der Waals surface area contributed by atoms with Crippen molar-refractivity contribution in [2.24, 2.45) is 5.73 Å². The Kier molecular flexibility index (Phi) is 6.96. The molecule has 96 valence electrons. The highest BCUT2D eigenvalue weighted by atomic mass is 16.5. The first-order valence-corrected chi connectivity index (χ1v) is 6.47. The van der Waals surface area contributed by atoms with Crippen molar-refractivity contribution in [2.45, 2.75) is 25.8 Å². The molecule has 0 aromatic rings. The molecule has 0 aromatic heterocycles. The van der Waals surface area contributed by atoms with E-state index >= 15 is 0 Å². The van der Waals surface area contributed by atoms with Gasteiger partial charge in [0.25, 0.3) is 0 Å². The van der Waals surface area contributed by atoms with Crippen molar-refractivity contribution < 1.29 is 4.74 Å². The maximum Gasteiger partial charge on any atom is 0.0589 e. The lowest BCUT2D eigenvalue weighted by Crippen LogP contribution is -2.51. The van der Waals surface area contributed by atoms with Crippen LogP contribution in [0.5, 0.6) is 0 Å². The Morgan fingerprint density at radius 1 is 1.25 bits per heavy atom. The minimum Gasteiger partial charge on any atom is -0.383 e. The largest absolute Gasteiger partial charge is 0.383 e. The highest BCUT2D eigenvalue weighted by molar-refractivity contribution is 4.78. The van der Waals surface area contributed by atoms with Crippen molar-refractivity contribution in [3.05, 3.63) is 0 Å². The van der Waals surface area contributed by atoms with Crippen molar-refractivity contribution in [3.8, 4) is 0 Å². The molecule has 0 spiro atoms. The second kappa shape index (κ2) is 8.01. The summed E-state index contributed by atoms with van der Waals surface area (Å²) in [4.78, 5) is 5.07. The van der Waals surface area contributed by atoms with E-state index in [0.29, 0.717) is 6.04 Å². The van der Waals surface area contributed by atoms with Gasteiger partial charge in [-0.15, -0.1) is 0 Å². The van der Waals surface area contributed by atoms with Gasteiger partial charge in [-0.25, -0.2) is 0 Å². The summed E-state index contributed by atoms with van der Waals surface area (Å²) in [6, 6.07) is 0.689. The van der Waals surface area contributed by atoms with E-state index in [0.717, 1.165) is 26.1 Å². The zero-order chi connectivity index (χ0) is 11.8. The van der Waals surface area contributed by atoms with Gasteiger partial charge < -0.3 is 10.5 Å². The summed E-state index contributed by atoms with van der Waals surface area (Å²) >= 11 is 0. The lowest BCUT2D eigenvalue weighted by atomic mass is 10.1. The average Bonchev–Trinajstić information content (AvgIpc) is 2.34. The molecule has 0 aliphatic carbocycles. The Hall–Kier alpha value is -0.160. The SMILES string of the molecule is CCC(CCN)N1CCN(CCOC)CC1. The molecule has 1 aliphatic rings. The van der Waals surface area contributed by atoms with Gasteiger partial charge in [0.05, 0.1) is 6.61 Å². The third kappa shape index (κ3) is 4.37. The summed E-state index contributed by atoms with van der Waals surface area (Å²) in [6.07, 6.45) is 2.35. The number of nitrogens with zero attached hydrogens (tertiary/aromatic N) is 2. The number of hydrogen-bond acceptors (Lipinski definition) is 4. The summed E-state index contributed by atoms with van der Waals surface area (Å²) in [5.41, 5.74) is 5.65. The summed E-state index contributed by atoms with van der Waals surface area (Å²) in [5.74, 6) is 0. The van der Waals surface area contributed by atoms with Crippen LogP contribution in [-0.4, -0.2) is 68.8 Å². The number of rotatable bonds is 7. The molecule has 16 heavy (non-hydrogen) atoms. The summed E-state index contributed by atoms with van der Waals surface area (Å²) in [7, 11) is 1.77. The first kappa shape index (κ1) is 13.9. The summed E-state index contributed by atoms with van der Waals surface area (Å²) in [6.45, 7) is 9.69. The van der Waals surface area contributed by atoms with Crippen LogP contribution in [0.2, 0.25) is 0 Å². The normalized spacial score (nSPS) is 21.2. The van der Waals surface area contributed by atoms with E-state index in [9.17, 15) is 0 Å². The fourth-order valence-corrected chi connectivity index (χ4v) is 2.41. The maximum atomic E-state index is 5.65. The molecule has 1 unspecified atom stereocenters. The van der Waals surface area contributed by atoms with Crippen molar-refractivity contribution >= 4 is 0 Å². The molecule has 1 fully saturated rings. The molecule has 1 rings (SSSR count). The van der Waals surface area contributed by atoms with Crippen molar-refractivity contribution in [1.29, 1.82) is 0 Å². The van der Waals surface area contributed by atoms with Gasteiger partial charge in [-0.1, -0.05) is 6.92 Å². The fraction of sp³-hybridized carbons (Fsp3) is 1.00. The number of hydrogen-bond donors (Lipinski definition) is 1. The Labute approximate surface area is 99.7 Å². The second-order valence-electron chi connectivity index (χ2n) is 4.51. The Morgan fingerprint density at radius 2 is 1.94 bits per heavy atom. The molecule has 0 bridgehead atoms. The zero-order valence-electron chi connectivity index (χ0n) is 10.8. The molecule has 1 heterocycles. The standard InChI is InChI=1S/C12H27N3O/c1-3-12(4-5-13)15-8-6-14(7-9-15)10-11-16-2/h12H,3-11,13H2,1-2H3. The van der Waals surface area contributed by atoms with Gasteiger partial charge in [0.15, 0.2) is 0 Å². The van der Waals surface area contributed by atoms with E-state index < -0.39 is 0 Å². The van der Waals surface area contributed by atoms with Gasteiger partial charge >= 0.3 is 0 Å². The number of ether oxygens (including phenoxy) is 1. The molecule has 0 amide bonds. The third-order valence-electron chi connectivity index (χ3n) is 3.51. The molecule has 0 aromatic carbocycles. The van der Waals surface area contributed by atoms with Crippen molar-refractivity contribution in [2.75, 3.05) is 53.0 Å². The van der Waals surface area contributed by atoms with Gasteiger partial charge in [0.1, 0.15) is 0 Å². The van der Waals surface area contributed by atoms with Crippen LogP contribution < -0.4 is 5.73 Å². The first-order chi connectivity index (χ1) is 7.81. The van der Waals surface area contributed by atoms with Gasteiger partial charge in [-0.3, -0.25) is 9.80 Å². The summed E-state index contributed by atoms with van der Waals surface area (Å²) in [5, 5.41) is 0. The van der Waals surface area contributed by atoms with Crippen LogP contribution in [0.4, 0.5) is 0 Å². The van der Waals surface area contributed by atoms with Gasteiger partial charge in [0.2, 0.25) is 0 Å². The van der Waals surface area contributed by atoms with Crippen molar-refractivity contribution in [1.82, 2.24) is 9.80 Å². The molecule has 1 aliphatic heterocycles. The molecule has 1 atom stereocenters. The molecule has 4 nitrogen and oxygen atoms in total. The summed E-state index contributed by atoms with van der Waals surface area (Å²) < 4.78 is 5.11. The molecular weight excluding hydrogens is 202 g/mol. The van der Waals surface area contributed by atoms with E-state index in [4.69, 9.17) is 10.5 Å². The molecule has 0 radical (unpaired) electrons. The fourth-order valence-electron chi connectivity index (χ4n) is 2.41. The lowest BCUT2D eigenvalue weighted by Gasteiger charge is -2.39. The number of nitrogens with two attached hydrogens (primary N) is 1. The monoisotopic (exact) mass is 229 g/mol. The molecule has 1 saturated heterocycles. The Bertz CT molecular complexity index is 170. The third-order valence-corrected chi connectivity index (χ3v) is 3.51. The van der Waals surface area contributed by atoms with E-state index in [1.165, 1.54) is 32.6 Å². The van der Waals surface area contributed by atoms with Crippen LogP contribution in [-0.2, 0) is 4.74 Å². The molecule has 0 saturated carbocycles.